The number of nitrogens with one attached hydrogen (secondary N) is 1. The molecule has 0 aliphatic heterocycles. The highest BCUT2D eigenvalue weighted by Gasteiger charge is 2.20. The maximum absolute atomic E-state index is 12.9. The van der Waals surface area contributed by atoms with Crippen molar-refractivity contribution in [2.24, 2.45) is 0 Å². The van der Waals surface area contributed by atoms with Gasteiger partial charge in [-0.3, -0.25) is 4.79 Å². The zero-order valence-corrected chi connectivity index (χ0v) is 18.5. The second-order valence-electron chi connectivity index (χ2n) is 8.43. The van der Waals surface area contributed by atoms with Crippen molar-refractivity contribution in [1.29, 1.82) is 5.26 Å². The summed E-state index contributed by atoms with van der Waals surface area (Å²) in [6, 6.07) is 13.4. The second kappa shape index (κ2) is 9.27. The highest BCUT2D eigenvalue weighted by molar-refractivity contribution is 5.99. The van der Waals surface area contributed by atoms with E-state index in [2.05, 4.69) is 11.1 Å². The standard InChI is InChI=1S/C26H27N3O3/c1-17-12-18(2)14-20(13-17)29(11-5-10-27)25(30)16-32-26(31)19-8-9-24-22(15-19)21-6-3-4-7-23(21)28-24/h8-9,12-15,28H,3-7,11,16H2,1-2H3. The first-order valence-corrected chi connectivity index (χ1v) is 11.0. The van der Waals surface area contributed by atoms with E-state index < -0.39 is 5.97 Å². The topological polar surface area (TPSA) is 86.2 Å². The number of rotatable bonds is 6. The minimum absolute atomic E-state index is 0.196. The SMILES string of the molecule is Cc1cc(C)cc(N(CCC#N)C(=O)COC(=O)c2ccc3[nH]c4c(c3c2)CCCC4)c1. The summed E-state index contributed by atoms with van der Waals surface area (Å²) in [6.45, 7) is 3.79. The molecule has 6 nitrogen and oxygen atoms in total. The summed E-state index contributed by atoms with van der Waals surface area (Å²) in [7, 11) is 0. The van der Waals surface area contributed by atoms with E-state index in [4.69, 9.17) is 10.00 Å². The Morgan fingerprint density at radius 1 is 1.09 bits per heavy atom. The monoisotopic (exact) mass is 429 g/mol. The van der Waals surface area contributed by atoms with Crippen LogP contribution in [0.15, 0.2) is 36.4 Å². The minimum Gasteiger partial charge on any atom is -0.452 e. The number of hydrogen-bond donors (Lipinski definition) is 1. The Morgan fingerprint density at radius 2 is 1.84 bits per heavy atom. The fraction of sp³-hybridized carbons (Fsp3) is 0.346. The van der Waals surface area contributed by atoms with E-state index in [0.29, 0.717) is 11.3 Å². The first-order chi connectivity index (χ1) is 15.5. The molecule has 0 unspecified atom stereocenters. The Kier molecular flexibility index (Phi) is 6.27. The lowest BCUT2D eigenvalue weighted by molar-refractivity contribution is -0.121. The van der Waals surface area contributed by atoms with Crippen molar-refractivity contribution in [1.82, 2.24) is 4.98 Å². The van der Waals surface area contributed by atoms with Crippen LogP contribution in [0.1, 0.15) is 52.0 Å². The number of benzene rings is 2. The van der Waals surface area contributed by atoms with E-state index in [1.54, 1.807) is 6.07 Å². The van der Waals surface area contributed by atoms with Crippen LogP contribution in [0.25, 0.3) is 10.9 Å². The van der Waals surface area contributed by atoms with Gasteiger partial charge in [-0.2, -0.15) is 5.26 Å². The second-order valence-corrected chi connectivity index (χ2v) is 8.43. The summed E-state index contributed by atoms with van der Waals surface area (Å²) in [5.41, 5.74) is 6.77. The number of ether oxygens (including phenoxy) is 1. The molecule has 0 spiro atoms. The van der Waals surface area contributed by atoms with Crippen molar-refractivity contribution < 1.29 is 14.3 Å². The van der Waals surface area contributed by atoms with Crippen molar-refractivity contribution in [3.8, 4) is 6.07 Å². The lowest BCUT2D eigenvalue weighted by Gasteiger charge is -2.22. The van der Waals surface area contributed by atoms with E-state index in [9.17, 15) is 9.59 Å². The molecule has 164 valence electrons. The number of nitrogens with zero attached hydrogens (tertiary/aromatic N) is 2. The first-order valence-electron chi connectivity index (χ1n) is 11.0. The highest BCUT2D eigenvalue weighted by atomic mass is 16.5. The van der Waals surface area contributed by atoms with E-state index in [-0.39, 0.29) is 25.5 Å². The van der Waals surface area contributed by atoms with Gasteiger partial charge in [0.05, 0.1) is 18.1 Å². The van der Waals surface area contributed by atoms with E-state index in [0.717, 1.165) is 41.3 Å². The third kappa shape index (κ3) is 4.52. The summed E-state index contributed by atoms with van der Waals surface area (Å²) in [6.07, 6.45) is 4.58. The summed E-state index contributed by atoms with van der Waals surface area (Å²) in [4.78, 5) is 30.6. The molecule has 2 aromatic carbocycles. The van der Waals surface area contributed by atoms with Crippen molar-refractivity contribution in [2.45, 2.75) is 46.0 Å². The summed E-state index contributed by atoms with van der Waals surface area (Å²) in [5.74, 6) is -0.870. The van der Waals surface area contributed by atoms with Crippen LogP contribution in [0, 0.1) is 25.2 Å². The molecule has 1 N–H and O–H groups in total. The van der Waals surface area contributed by atoms with Crippen molar-refractivity contribution in [3.63, 3.8) is 0 Å². The number of anilines is 1. The van der Waals surface area contributed by atoms with Gasteiger partial charge < -0.3 is 14.6 Å². The molecule has 0 atom stereocenters. The molecule has 0 radical (unpaired) electrons. The van der Waals surface area contributed by atoms with Gasteiger partial charge in [0, 0.05) is 28.8 Å². The van der Waals surface area contributed by atoms with Crippen molar-refractivity contribution in [3.05, 3.63) is 64.3 Å². The van der Waals surface area contributed by atoms with Gasteiger partial charge in [0.2, 0.25) is 0 Å². The van der Waals surface area contributed by atoms with Crippen LogP contribution in [0.2, 0.25) is 0 Å². The molecule has 1 amide bonds. The normalized spacial score (nSPS) is 12.8. The van der Waals surface area contributed by atoms with Crippen molar-refractivity contribution >= 4 is 28.5 Å². The Bertz CT molecular complexity index is 1200. The maximum atomic E-state index is 12.9. The van der Waals surface area contributed by atoms with Crippen LogP contribution >= 0.6 is 0 Å². The minimum atomic E-state index is -0.522. The number of esters is 1. The van der Waals surface area contributed by atoms with Crippen LogP contribution in [-0.4, -0.2) is 30.0 Å². The lowest BCUT2D eigenvalue weighted by Crippen LogP contribution is -2.35. The quantitative estimate of drug-likeness (QED) is 0.572. The largest absolute Gasteiger partial charge is 0.452 e. The number of aryl methyl sites for hydroxylation is 4. The number of hydrogen-bond acceptors (Lipinski definition) is 4. The molecule has 0 saturated carbocycles. The zero-order chi connectivity index (χ0) is 22.7. The predicted molar refractivity (Wildman–Crippen MR) is 124 cm³/mol. The first kappa shape index (κ1) is 21.6. The molecule has 1 heterocycles. The summed E-state index contributed by atoms with van der Waals surface area (Å²) < 4.78 is 5.38. The van der Waals surface area contributed by atoms with E-state index in [1.807, 2.05) is 44.2 Å². The number of amides is 1. The van der Waals surface area contributed by atoms with Gasteiger partial charge in [-0.05, 0) is 86.6 Å². The number of carbonyl (C=O) groups is 2. The summed E-state index contributed by atoms with van der Waals surface area (Å²) >= 11 is 0. The zero-order valence-electron chi connectivity index (χ0n) is 18.5. The number of aromatic amines is 1. The molecule has 0 fully saturated rings. The third-order valence-electron chi connectivity index (χ3n) is 5.93. The van der Waals surface area contributed by atoms with Gasteiger partial charge in [0.1, 0.15) is 0 Å². The molecule has 1 aliphatic carbocycles. The molecule has 6 heteroatoms. The molecule has 4 rings (SSSR count). The molecular weight excluding hydrogens is 402 g/mol. The molecule has 0 bridgehead atoms. The van der Waals surface area contributed by atoms with E-state index in [1.165, 1.54) is 22.6 Å². The molecule has 0 saturated heterocycles. The number of fused-ring (bicyclic) bond motifs is 3. The van der Waals surface area contributed by atoms with Crippen LogP contribution in [0.5, 0.6) is 0 Å². The molecule has 1 aliphatic rings. The average molecular weight is 430 g/mol. The molecule has 32 heavy (non-hydrogen) atoms. The van der Waals surface area contributed by atoms with Gasteiger partial charge in [0.25, 0.3) is 5.91 Å². The Balaban J connectivity index is 1.49. The van der Waals surface area contributed by atoms with Crippen LogP contribution < -0.4 is 4.90 Å². The number of H-pyrrole nitrogens is 1. The third-order valence-corrected chi connectivity index (χ3v) is 5.93. The number of nitriles is 1. The van der Waals surface area contributed by atoms with Crippen LogP contribution in [-0.2, 0) is 22.4 Å². The predicted octanol–water partition coefficient (Wildman–Crippen LogP) is 4.77. The van der Waals surface area contributed by atoms with Gasteiger partial charge in [0.15, 0.2) is 6.61 Å². The molecular formula is C26H27N3O3. The fourth-order valence-electron chi connectivity index (χ4n) is 4.49. The van der Waals surface area contributed by atoms with Gasteiger partial charge in [-0.25, -0.2) is 4.79 Å². The Hall–Kier alpha value is -3.59. The maximum Gasteiger partial charge on any atom is 0.338 e. The fourth-order valence-corrected chi connectivity index (χ4v) is 4.49. The summed E-state index contributed by atoms with van der Waals surface area (Å²) in [5, 5.41) is 10.1. The Labute approximate surface area is 187 Å². The van der Waals surface area contributed by atoms with Crippen LogP contribution in [0.4, 0.5) is 5.69 Å². The van der Waals surface area contributed by atoms with Gasteiger partial charge in [-0.1, -0.05) is 6.07 Å². The van der Waals surface area contributed by atoms with Gasteiger partial charge >= 0.3 is 5.97 Å². The number of aromatic nitrogens is 1. The number of carbonyl (C=O) groups excluding carboxylic acids is 2. The smallest absolute Gasteiger partial charge is 0.338 e. The van der Waals surface area contributed by atoms with Crippen LogP contribution in [0.3, 0.4) is 0 Å². The average Bonchev–Trinajstić information content (AvgIpc) is 3.15. The Morgan fingerprint density at radius 3 is 2.59 bits per heavy atom. The molecule has 1 aromatic heterocycles. The lowest BCUT2D eigenvalue weighted by atomic mass is 9.95. The van der Waals surface area contributed by atoms with E-state index >= 15 is 0 Å². The van der Waals surface area contributed by atoms with Gasteiger partial charge in [-0.15, -0.1) is 0 Å². The highest BCUT2D eigenvalue weighted by Crippen LogP contribution is 2.30. The van der Waals surface area contributed by atoms with Crippen molar-refractivity contribution in [2.75, 3.05) is 18.1 Å². The molecule has 3 aromatic rings.